The molecule has 0 atom stereocenters. The third-order valence-electron chi connectivity index (χ3n) is 5.36. The highest BCUT2D eigenvalue weighted by molar-refractivity contribution is 7.90. The molecule has 0 bridgehead atoms. The van der Waals surface area contributed by atoms with E-state index in [1.807, 2.05) is 12.1 Å². The van der Waals surface area contributed by atoms with E-state index in [2.05, 4.69) is 13.8 Å². The number of rotatable bonds is 9. The molecule has 0 aliphatic carbocycles. The monoisotopic (exact) mass is 520 g/mol. The molecular formula is C26H26Cl2O5S. The van der Waals surface area contributed by atoms with Gasteiger partial charge in [0.1, 0.15) is 11.5 Å². The van der Waals surface area contributed by atoms with Gasteiger partial charge in [0.15, 0.2) is 21.4 Å². The minimum atomic E-state index is -3.25. The maximum atomic E-state index is 12.7. The number of sulfone groups is 1. The van der Waals surface area contributed by atoms with Gasteiger partial charge in [-0.2, -0.15) is 0 Å². The summed E-state index contributed by atoms with van der Waals surface area (Å²) >= 11 is 12.8. The van der Waals surface area contributed by atoms with Crippen molar-refractivity contribution in [3.05, 3.63) is 81.3 Å². The second kappa shape index (κ2) is 10.8. The largest absolute Gasteiger partial charge is 0.496 e. The van der Waals surface area contributed by atoms with Gasteiger partial charge in [-0.25, -0.2) is 8.42 Å². The lowest BCUT2D eigenvalue weighted by atomic mass is 10.0. The minimum Gasteiger partial charge on any atom is -0.496 e. The van der Waals surface area contributed by atoms with Crippen molar-refractivity contribution < 1.29 is 22.7 Å². The van der Waals surface area contributed by atoms with E-state index in [1.165, 1.54) is 0 Å². The average Bonchev–Trinajstić information content (AvgIpc) is 2.79. The molecule has 0 aliphatic rings. The zero-order valence-electron chi connectivity index (χ0n) is 19.4. The highest BCUT2D eigenvalue weighted by Crippen LogP contribution is 2.39. The number of benzene rings is 3. The first kappa shape index (κ1) is 26.1. The van der Waals surface area contributed by atoms with Crippen molar-refractivity contribution in [3.8, 4) is 17.2 Å². The third-order valence-corrected chi connectivity index (χ3v) is 7.05. The normalized spacial score (nSPS) is 11.5. The summed E-state index contributed by atoms with van der Waals surface area (Å²) in [5.41, 5.74) is 2.23. The van der Waals surface area contributed by atoms with E-state index < -0.39 is 9.84 Å². The summed E-state index contributed by atoms with van der Waals surface area (Å²) in [7, 11) is -1.63. The number of hydrogen-bond acceptors (Lipinski definition) is 5. The fourth-order valence-corrected chi connectivity index (χ4v) is 4.66. The molecule has 0 aromatic heterocycles. The van der Waals surface area contributed by atoms with Crippen LogP contribution in [0, 0.1) is 0 Å². The predicted octanol–water partition coefficient (Wildman–Crippen LogP) is 7.14. The Balaban J connectivity index is 1.73. The number of methoxy groups -OCH3 is 1. The second-order valence-corrected chi connectivity index (χ2v) is 11.1. The molecule has 0 saturated carbocycles. The van der Waals surface area contributed by atoms with E-state index in [4.69, 9.17) is 32.7 Å². The number of Topliss-reactive ketones (excluding diaryl/α,β-unsaturated/α-hetero) is 1. The van der Waals surface area contributed by atoms with Crippen molar-refractivity contribution in [1.82, 2.24) is 0 Å². The highest BCUT2D eigenvalue weighted by Gasteiger charge is 2.17. The van der Waals surface area contributed by atoms with Crippen LogP contribution in [0.4, 0.5) is 0 Å². The molecule has 0 fully saturated rings. The molecule has 0 heterocycles. The lowest BCUT2D eigenvalue weighted by Gasteiger charge is -2.15. The van der Waals surface area contributed by atoms with Crippen molar-refractivity contribution in [2.24, 2.45) is 0 Å². The lowest BCUT2D eigenvalue weighted by molar-refractivity contribution is 0.0983. The van der Waals surface area contributed by atoms with Crippen LogP contribution in [0.2, 0.25) is 10.0 Å². The molecule has 5 nitrogen and oxygen atoms in total. The van der Waals surface area contributed by atoms with E-state index in [-0.39, 0.29) is 38.8 Å². The Morgan fingerprint density at radius 2 is 1.59 bits per heavy atom. The molecule has 0 spiro atoms. The Hall–Kier alpha value is -2.54. The summed E-state index contributed by atoms with van der Waals surface area (Å²) in [5.74, 6) is 1.70. The molecule has 0 radical (unpaired) electrons. The van der Waals surface area contributed by atoms with Crippen LogP contribution >= 0.6 is 23.2 Å². The van der Waals surface area contributed by atoms with Gasteiger partial charge in [-0.1, -0.05) is 49.2 Å². The maximum absolute atomic E-state index is 12.7. The Morgan fingerprint density at radius 1 is 0.971 bits per heavy atom. The summed E-state index contributed by atoms with van der Waals surface area (Å²) < 4.78 is 34.5. The molecule has 0 amide bonds. The quantitative estimate of drug-likeness (QED) is 0.280. The van der Waals surface area contributed by atoms with E-state index in [1.54, 1.807) is 49.6 Å². The Bertz CT molecular complexity index is 1280. The average molecular weight is 521 g/mol. The van der Waals surface area contributed by atoms with Crippen molar-refractivity contribution in [1.29, 1.82) is 0 Å². The Labute approximate surface area is 210 Å². The fourth-order valence-electron chi connectivity index (χ4n) is 3.47. The van der Waals surface area contributed by atoms with Gasteiger partial charge in [0.25, 0.3) is 0 Å². The SMILES string of the molecule is COc1ccc(Oc2c(Cl)cc(C(=O)CCc3ccc(S(C)(=O)=O)cc3)cc2Cl)cc1C(C)C. The van der Waals surface area contributed by atoms with Crippen molar-refractivity contribution in [2.45, 2.75) is 37.5 Å². The van der Waals surface area contributed by atoms with Crippen LogP contribution in [0.15, 0.2) is 59.5 Å². The number of ketones is 1. The molecular weight excluding hydrogens is 495 g/mol. The summed E-state index contributed by atoms with van der Waals surface area (Å²) in [4.78, 5) is 13.0. The third kappa shape index (κ3) is 6.32. The summed E-state index contributed by atoms with van der Waals surface area (Å²) in [6, 6.07) is 15.1. The van der Waals surface area contributed by atoms with Crippen molar-refractivity contribution in [2.75, 3.05) is 13.4 Å². The molecule has 180 valence electrons. The molecule has 3 aromatic carbocycles. The first-order valence-electron chi connectivity index (χ1n) is 10.7. The highest BCUT2D eigenvalue weighted by atomic mass is 35.5. The van der Waals surface area contributed by atoms with Crippen LogP contribution in [0.3, 0.4) is 0 Å². The molecule has 0 unspecified atom stereocenters. The van der Waals surface area contributed by atoms with Gasteiger partial charge in [-0.3, -0.25) is 4.79 Å². The van der Waals surface area contributed by atoms with E-state index in [0.717, 1.165) is 23.1 Å². The molecule has 3 aromatic rings. The Kier molecular flexibility index (Phi) is 8.29. The van der Waals surface area contributed by atoms with Crippen molar-refractivity contribution >= 4 is 38.8 Å². The van der Waals surface area contributed by atoms with Gasteiger partial charge in [0.2, 0.25) is 0 Å². The van der Waals surface area contributed by atoms with Gasteiger partial charge in [-0.15, -0.1) is 0 Å². The standard InChI is InChI=1S/C26H26Cl2O5S/c1-16(2)21-15-19(8-12-25(21)32-3)33-26-22(27)13-18(14-23(26)28)24(29)11-7-17-5-9-20(10-6-17)34(4,30)31/h5-6,8-10,12-16H,7,11H2,1-4H3. The summed E-state index contributed by atoms with van der Waals surface area (Å²) in [6.45, 7) is 4.12. The predicted molar refractivity (Wildman–Crippen MR) is 136 cm³/mol. The van der Waals surface area contributed by atoms with E-state index >= 15 is 0 Å². The molecule has 8 heteroatoms. The van der Waals surface area contributed by atoms with Crippen molar-refractivity contribution in [3.63, 3.8) is 0 Å². The van der Waals surface area contributed by atoms with Gasteiger partial charge in [0, 0.05) is 23.8 Å². The van der Waals surface area contributed by atoms with Gasteiger partial charge in [0.05, 0.1) is 22.1 Å². The topological polar surface area (TPSA) is 69.7 Å². The first-order valence-corrected chi connectivity index (χ1v) is 13.3. The zero-order valence-corrected chi connectivity index (χ0v) is 21.7. The molecule has 0 N–H and O–H groups in total. The van der Waals surface area contributed by atoms with Gasteiger partial charge < -0.3 is 9.47 Å². The number of carbonyl (C=O) groups is 1. The number of halogens is 2. The molecule has 34 heavy (non-hydrogen) atoms. The summed E-state index contributed by atoms with van der Waals surface area (Å²) in [5, 5.41) is 0.463. The smallest absolute Gasteiger partial charge is 0.175 e. The number of ether oxygens (including phenoxy) is 2. The maximum Gasteiger partial charge on any atom is 0.175 e. The van der Waals surface area contributed by atoms with Crippen LogP contribution in [-0.4, -0.2) is 27.6 Å². The summed E-state index contributed by atoms with van der Waals surface area (Å²) in [6.07, 6.45) is 1.84. The van der Waals surface area contributed by atoms with Crippen LogP contribution < -0.4 is 9.47 Å². The minimum absolute atomic E-state index is 0.130. The second-order valence-electron chi connectivity index (χ2n) is 8.27. The number of carbonyl (C=O) groups excluding carboxylic acids is 1. The van der Waals surface area contributed by atoms with Crippen LogP contribution in [0.1, 0.15) is 47.7 Å². The fraction of sp³-hybridized carbons (Fsp3) is 0.269. The van der Waals surface area contributed by atoms with E-state index in [9.17, 15) is 13.2 Å². The van der Waals surface area contributed by atoms with Gasteiger partial charge in [-0.05, 0) is 60.4 Å². The molecule has 0 aliphatic heterocycles. The number of aryl methyl sites for hydroxylation is 1. The van der Waals surface area contributed by atoms with Crippen LogP contribution in [-0.2, 0) is 16.3 Å². The lowest BCUT2D eigenvalue weighted by Crippen LogP contribution is -2.03. The molecule has 0 saturated heterocycles. The zero-order chi connectivity index (χ0) is 25.0. The Morgan fingerprint density at radius 3 is 2.12 bits per heavy atom. The van der Waals surface area contributed by atoms with Crippen LogP contribution in [0.25, 0.3) is 0 Å². The van der Waals surface area contributed by atoms with E-state index in [0.29, 0.717) is 17.7 Å². The van der Waals surface area contributed by atoms with Gasteiger partial charge >= 0.3 is 0 Å². The molecule has 3 rings (SSSR count). The first-order chi connectivity index (χ1) is 16.0. The van der Waals surface area contributed by atoms with Crippen LogP contribution in [0.5, 0.6) is 17.2 Å². The number of hydrogen-bond donors (Lipinski definition) is 0.